The van der Waals surface area contributed by atoms with Crippen LogP contribution in [0.5, 0.6) is 0 Å². The molecule has 4 N–H and O–H groups in total. The molecule has 0 aliphatic heterocycles. The molecule has 7 heteroatoms. The summed E-state index contributed by atoms with van der Waals surface area (Å²) >= 11 is 0. The highest BCUT2D eigenvalue weighted by Crippen LogP contribution is 2.12. The van der Waals surface area contributed by atoms with Gasteiger partial charge < -0.3 is 36.0 Å². The lowest BCUT2D eigenvalue weighted by Crippen LogP contribution is -2.36. The van der Waals surface area contributed by atoms with Crippen molar-refractivity contribution >= 4 is 0 Å². The fourth-order valence-corrected chi connectivity index (χ4v) is 8.78. The Bertz CT molecular complexity index is 680. The number of nitrogens with zero attached hydrogens (tertiary/aromatic N) is 3. The minimum Gasteiger partial charge on any atom is -0.317 e. The van der Waals surface area contributed by atoms with Crippen LogP contribution in [0.1, 0.15) is 240 Å². The van der Waals surface area contributed by atoms with Gasteiger partial charge in [0.2, 0.25) is 0 Å². The Balaban J connectivity index is 5.18. The molecule has 0 aliphatic rings. The van der Waals surface area contributed by atoms with Crippen molar-refractivity contribution in [2.24, 2.45) is 0 Å². The van der Waals surface area contributed by atoms with Crippen LogP contribution in [0.3, 0.4) is 0 Å². The third kappa shape index (κ3) is 49.0. The van der Waals surface area contributed by atoms with Gasteiger partial charge in [-0.2, -0.15) is 0 Å². The van der Waals surface area contributed by atoms with Crippen LogP contribution in [0.2, 0.25) is 0 Å². The average molecular weight is 865 g/mol. The Hall–Kier alpha value is -0.280. The zero-order chi connectivity index (χ0) is 44.2. The van der Waals surface area contributed by atoms with Crippen molar-refractivity contribution in [2.45, 2.75) is 240 Å². The highest BCUT2D eigenvalue weighted by molar-refractivity contribution is 4.68. The van der Waals surface area contributed by atoms with Crippen LogP contribution >= 0.6 is 0 Å². The highest BCUT2D eigenvalue weighted by atomic mass is 15.2. The first kappa shape index (κ1) is 60.7. The maximum Gasteiger partial charge on any atom is -0.000653 e. The molecule has 0 aliphatic carbocycles. The Morgan fingerprint density at radius 1 is 0.180 bits per heavy atom. The van der Waals surface area contributed by atoms with Gasteiger partial charge in [0.25, 0.3) is 0 Å². The van der Waals surface area contributed by atoms with Gasteiger partial charge in [-0.15, -0.1) is 0 Å². The van der Waals surface area contributed by atoms with Gasteiger partial charge in [-0.05, 0) is 182 Å². The first-order chi connectivity index (χ1) is 30.2. The van der Waals surface area contributed by atoms with Crippen molar-refractivity contribution in [3.63, 3.8) is 0 Å². The van der Waals surface area contributed by atoms with E-state index in [2.05, 4.69) is 70.6 Å². The van der Waals surface area contributed by atoms with Crippen molar-refractivity contribution in [3.05, 3.63) is 0 Å². The molecule has 0 aromatic heterocycles. The van der Waals surface area contributed by atoms with Crippen LogP contribution < -0.4 is 21.3 Å². The highest BCUT2D eigenvalue weighted by Gasteiger charge is 2.11. The summed E-state index contributed by atoms with van der Waals surface area (Å²) in [6.07, 6.45) is 43.6. The molecule has 7 nitrogen and oxygen atoms in total. The number of nitrogens with one attached hydrogen (secondary N) is 4. The van der Waals surface area contributed by atoms with Gasteiger partial charge in [0.15, 0.2) is 0 Å². The van der Waals surface area contributed by atoms with Crippen molar-refractivity contribution in [1.29, 1.82) is 0 Å². The summed E-state index contributed by atoms with van der Waals surface area (Å²) in [6.45, 7) is 32.3. The second kappa shape index (κ2) is 54.1. The number of hydrogen-bond acceptors (Lipinski definition) is 7. The van der Waals surface area contributed by atoms with Gasteiger partial charge in [0, 0.05) is 0 Å². The minimum atomic E-state index is 1.17. The molecule has 61 heavy (non-hydrogen) atoms. The first-order valence-corrected chi connectivity index (χ1v) is 28.2. The molecule has 0 radical (unpaired) electrons. The second-order valence-electron chi connectivity index (χ2n) is 19.1. The van der Waals surface area contributed by atoms with E-state index in [1.807, 2.05) is 0 Å². The van der Waals surface area contributed by atoms with Crippen molar-refractivity contribution in [1.82, 2.24) is 36.0 Å². The minimum absolute atomic E-state index is 1.17. The molecule has 0 rings (SSSR count). The van der Waals surface area contributed by atoms with Crippen LogP contribution in [-0.4, -0.2) is 126 Å². The number of rotatable bonds is 55. The largest absolute Gasteiger partial charge is 0.317 e. The lowest BCUT2D eigenvalue weighted by Gasteiger charge is -2.28. The van der Waals surface area contributed by atoms with Crippen molar-refractivity contribution < 1.29 is 0 Å². The normalized spacial score (nSPS) is 12.0. The molecule has 0 fully saturated rings. The summed E-state index contributed by atoms with van der Waals surface area (Å²) in [5.41, 5.74) is 0. The smallest absolute Gasteiger partial charge is 0.000653 e. The zero-order valence-corrected chi connectivity index (χ0v) is 43.0. The van der Waals surface area contributed by atoms with E-state index in [0.29, 0.717) is 0 Å². The summed E-state index contributed by atoms with van der Waals surface area (Å²) in [5.74, 6) is 0. The van der Waals surface area contributed by atoms with Crippen molar-refractivity contribution in [2.75, 3.05) is 111 Å². The van der Waals surface area contributed by atoms with Gasteiger partial charge in [0.1, 0.15) is 0 Å². The first-order valence-electron chi connectivity index (χ1n) is 28.2. The Morgan fingerprint density at radius 3 is 0.623 bits per heavy atom. The van der Waals surface area contributed by atoms with Crippen LogP contribution in [0, 0.1) is 0 Å². The Labute approximate surface area is 386 Å². The number of hydrogen-bond donors (Lipinski definition) is 4. The standard InChI is InChI=1S/C54H117N7/c1-6-11-16-21-22-23-24-25-26-31-46-59(51-36-53-60(47-32-42-55-38-27-17-12-7-2)48-33-43-56-39-28-18-13-8-3)52-37-54-61(49-34-44-57-40-29-19-14-9-4)50-35-45-58-41-30-20-15-10-5/h55-58H,6-54H2,1-5H3. The van der Waals surface area contributed by atoms with Gasteiger partial charge >= 0.3 is 0 Å². The lowest BCUT2D eigenvalue weighted by atomic mass is 10.1. The molecule has 0 spiro atoms. The maximum atomic E-state index is 3.76. The predicted molar refractivity (Wildman–Crippen MR) is 277 cm³/mol. The third-order valence-electron chi connectivity index (χ3n) is 12.9. The summed E-state index contributed by atoms with van der Waals surface area (Å²) in [7, 11) is 0. The molecule has 0 bridgehead atoms. The van der Waals surface area contributed by atoms with E-state index in [4.69, 9.17) is 0 Å². The van der Waals surface area contributed by atoms with Crippen LogP contribution in [0.15, 0.2) is 0 Å². The Morgan fingerprint density at radius 2 is 0.361 bits per heavy atom. The molecule has 0 saturated heterocycles. The molecule has 0 unspecified atom stereocenters. The summed E-state index contributed by atoms with van der Waals surface area (Å²) in [6, 6.07) is 0. The van der Waals surface area contributed by atoms with Gasteiger partial charge in [-0.1, -0.05) is 169 Å². The lowest BCUT2D eigenvalue weighted by molar-refractivity contribution is 0.201. The second-order valence-corrected chi connectivity index (χ2v) is 19.1. The molecular formula is C54H117N7. The molecule has 0 heterocycles. The van der Waals surface area contributed by atoms with E-state index >= 15 is 0 Å². The topological polar surface area (TPSA) is 57.8 Å². The summed E-state index contributed by atoms with van der Waals surface area (Å²) in [5, 5.41) is 15.0. The quantitative estimate of drug-likeness (QED) is 0.0455. The molecule has 0 aromatic carbocycles. The van der Waals surface area contributed by atoms with E-state index < -0.39 is 0 Å². The van der Waals surface area contributed by atoms with E-state index in [-0.39, 0.29) is 0 Å². The van der Waals surface area contributed by atoms with Gasteiger partial charge in [0.05, 0.1) is 0 Å². The van der Waals surface area contributed by atoms with Crippen LogP contribution in [-0.2, 0) is 0 Å². The maximum absolute atomic E-state index is 3.76. The fraction of sp³-hybridized carbons (Fsp3) is 1.00. The summed E-state index contributed by atoms with van der Waals surface area (Å²) in [4.78, 5) is 8.51. The average Bonchev–Trinajstić information content (AvgIpc) is 3.27. The summed E-state index contributed by atoms with van der Waals surface area (Å²) < 4.78 is 0. The van der Waals surface area contributed by atoms with Crippen LogP contribution in [0.4, 0.5) is 0 Å². The number of unbranched alkanes of at least 4 members (excludes halogenated alkanes) is 21. The predicted octanol–water partition coefficient (Wildman–Crippen LogP) is 12.8. The van der Waals surface area contributed by atoms with Gasteiger partial charge in [-0.3, -0.25) is 0 Å². The van der Waals surface area contributed by atoms with Crippen molar-refractivity contribution in [3.8, 4) is 0 Å². The van der Waals surface area contributed by atoms with E-state index in [1.54, 1.807) is 0 Å². The molecule has 0 aromatic rings. The molecule has 0 atom stereocenters. The third-order valence-corrected chi connectivity index (χ3v) is 12.9. The molecule has 368 valence electrons. The fourth-order valence-electron chi connectivity index (χ4n) is 8.78. The monoisotopic (exact) mass is 864 g/mol. The zero-order valence-electron chi connectivity index (χ0n) is 43.0. The molecule has 0 amide bonds. The van der Waals surface area contributed by atoms with E-state index in [0.717, 1.165) is 0 Å². The Kier molecular flexibility index (Phi) is 53.8. The molecular weight excluding hydrogens is 747 g/mol. The van der Waals surface area contributed by atoms with E-state index in [1.165, 1.54) is 317 Å². The SMILES string of the molecule is CCCCCCCCCCCCN(CCCN(CCCNCCCCCC)CCCNCCCCCC)CCCN(CCCNCCCCCC)CCCNCCCCCC. The molecule has 0 saturated carbocycles. The van der Waals surface area contributed by atoms with Gasteiger partial charge in [-0.25, -0.2) is 0 Å². The van der Waals surface area contributed by atoms with Crippen LogP contribution in [0.25, 0.3) is 0 Å². The van der Waals surface area contributed by atoms with E-state index in [9.17, 15) is 0 Å².